The van der Waals surface area contributed by atoms with E-state index in [2.05, 4.69) is 17.2 Å². The van der Waals surface area contributed by atoms with E-state index in [0.29, 0.717) is 11.1 Å². The number of nitrogens with one attached hydrogen (secondary N) is 1. The largest absolute Gasteiger partial charge is 0.384 e. The van der Waals surface area contributed by atoms with Crippen molar-refractivity contribution in [3.63, 3.8) is 0 Å². The van der Waals surface area contributed by atoms with E-state index in [1.807, 2.05) is 0 Å². The van der Waals surface area contributed by atoms with Crippen LogP contribution in [-0.2, 0) is 9.53 Å². The van der Waals surface area contributed by atoms with Crippen molar-refractivity contribution in [1.29, 1.82) is 0 Å². The maximum atomic E-state index is 11.8. The molecule has 0 atom stereocenters. The Morgan fingerprint density at radius 2 is 2.20 bits per heavy atom. The van der Waals surface area contributed by atoms with Crippen LogP contribution in [0.2, 0.25) is 0 Å². The number of nitrogens with two attached hydrogens (primary N) is 1. The lowest BCUT2D eigenvalue weighted by atomic mass is 10.1. The van der Waals surface area contributed by atoms with Crippen LogP contribution < -0.4 is 11.1 Å². The molecule has 1 aromatic carbocycles. The Labute approximate surface area is 116 Å². The molecular weight excluding hydrogens is 260 g/mol. The number of aliphatic hydroxyl groups is 1. The van der Waals surface area contributed by atoms with Crippen molar-refractivity contribution in [3.8, 4) is 11.8 Å². The van der Waals surface area contributed by atoms with Gasteiger partial charge >= 0.3 is 0 Å². The van der Waals surface area contributed by atoms with E-state index in [1.54, 1.807) is 24.3 Å². The number of amides is 2. The molecular formula is C14H16N2O4. The van der Waals surface area contributed by atoms with Crippen LogP contribution in [0.4, 0.5) is 0 Å². The van der Waals surface area contributed by atoms with Crippen molar-refractivity contribution in [2.24, 2.45) is 5.73 Å². The highest BCUT2D eigenvalue weighted by Gasteiger charge is 2.05. The number of rotatable bonds is 6. The van der Waals surface area contributed by atoms with Gasteiger partial charge in [-0.25, -0.2) is 0 Å². The normalized spacial score (nSPS) is 9.45. The Balaban J connectivity index is 2.45. The Kier molecular flexibility index (Phi) is 6.82. The summed E-state index contributed by atoms with van der Waals surface area (Å²) in [6.45, 7) is 0.0904. The van der Waals surface area contributed by atoms with Gasteiger partial charge in [-0.2, -0.15) is 0 Å². The predicted molar refractivity (Wildman–Crippen MR) is 72.8 cm³/mol. The first-order chi connectivity index (χ1) is 9.63. The lowest BCUT2D eigenvalue weighted by Gasteiger charge is -2.05. The minimum atomic E-state index is -0.550. The standard InChI is InChI=1S/C14H16N2O4/c15-13(18)10-20-8-6-16-14(19)12-5-1-3-11(9-12)4-2-7-17/h1,3,5,9,17H,6-8,10H2,(H2,15,18)(H,16,19). The fourth-order valence-corrected chi connectivity index (χ4v) is 1.39. The first-order valence-corrected chi connectivity index (χ1v) is 5.97. The molecule has 0 radical (unpaired) electrons. The third kappa shape index (κ3) is 6.00. The van der Waals surface area contributed by atoms with Crippen molar-refractivity contribution in [2.75, 3.05) is 26.4 Å². The lowest BCUT2D eigenvalue weighted by molar-refractivity contribution is -0.122. The Morgan fingerprint density at radius 3 is 2.90 bits per heavy atom. The molecule has 0 fully saturated rings. The summed E-state index contributed by atoms with van der Waals surface area (Å²) in [6, 6.07) is 6.74. The maximum absolute atomic E-state index is 11.8. The summed E-state index contributed by atoms with van der Waals surface area (Å²) in [5.41, 5.74) is 6.01. The fraction of sp³-hybridized carbons (Fsp3) is 0.286. The van der Waals surface area contributed by atoms with E-state index in [0.717, 1.165) is 0 Å². The molecule has 0 bridgehead atoms. The minimum Gasteiger partial charge on any atom is -0.384 e. The van der Waals surface area contributed by atoms with Crippen LogP contribution in [0.25, 0.3) is 0 Å². The molecule has 6 heteroatoms. The number of aliphatic hydroxyl groups excluding tert-OH is 1. The second-order valence-corrected chi connectivity index (χ2v) is 3.82. The smallest absolute Gasteiger partial charge is 0.251 e. The number of primary amides is 1. The first kappa shape index (κ1) is 15.7. The van der Waals surface area contributed by atoms with E-state index < -0.39 is 5.91 Å². The van der Waals surface area contributed by atoms with Crippen LogP contribution in [0.1, 0.15) is 15.9 Å². The van der Waals surface area contributed by atoms with Crippen LogP contribution in [0.15, 0.2) is 24.3 Å². The van der Waals surface area contributed by atoms with Gasteiger partial charge in [-0.3, -0.25) is 9.59 Å². The third-order valence-electron chi connectivity index (χ3n) is 2.21. The Bertz CT molecular complexity index is 531. The molecule has 1 aromatic rings. The summed E-state index contributed by atoms with van der Waals surface area (Å²) in [4.78, 5) is 22.2. The number of hydrogen-bond donors (Lipinski definition) is 3. The molecule has 0 unspecified atom stereocenters. The molecule has 2 amide bonds. The number of carbonyl (C=O) groups is 2. The Morgan fingerprint density at radius 1 is 1.40 bits per heavy atom. The van der Waals surface area contributed by atoms with Crippen LogP contribution in [0, 0.1) is 11.8 Å². The summed E-state index contributed by atoms with van der Waals surface area (Å²) in [5.74, 6) is 4.42. The van der Waals surface area contributed by atoms with Crippen molar-refractivity contribution >= 4 is 11.8 Å². The van der Waals surface area contributed by atoms with Gasteiger partial charge < -0.3 is 20.9 Å². The fourth-order valence-electron chi connectivity index (χ4n) is 1.39. The van der Waals surface area contributed by atoms with Crippen LogP contribution in [-0.4, -0.2) is 43.3 Å². The van der Waals surface area contributed by atoms with Crippen LogP contribution in [0.3, 0.4) is 0 Å². The van der Waals surface area contributed by atoms with E-state index in [4.69, 9.17) is 15.6 Å². The minimum absolute atomic E-state index is 0.165. The van der Waals surface area contributed by atoms with Gasteiger partial charge in [0.15, 0.2) is 0 Å². The van der Waals surface area contributed by atoms with E-state index in [-0.39, 0.29) is 32.3 Å². The highest BCUT2D eigenvalue weighted by molar-refractivity contribution is 5.94. The molecule has 106 valence electrons. The average molecular weight is 276 g/mol. The number of benzene rings is 1. The number of carbonyl (C=O) groups excluding carboxylic acids is 2. The molecule has 4 N–H and O–H groups in total. The summed E-state index contributed by atoms with van der Waals surface area (Å²) >= 11 is 0. The maximum Gasteiger partial charge on any atom is 0.251 e. The zero-order valence-electron chi connectivity index (χ0n) is 10.9. The zero-order valence-corrected chi connectivity index (χ0v) is 10.9. The highest BCUT2D eigenvalue weighted by Crippen LogP contribution is 2.03. The van der Waals surface area contributed by atoms with Crippen molar-refractivity contribution < 1.29 is 19.4 Å². The summed E-state index contributed by atoms with van der Waals surface area (Å²) in [7, 11) is 0. The quantitative estimate of drug-likeness (QED) is 0.470. The van der Waals surface area contributed by atoms with Crippen LogP contribution >= 0.6 is 0 Å². The third-order valence-corrected chi connectivity index (χ3v) is 2.21. The number of ether oxygens (including phenoxy) is 1. The summed E-state index contributed by atoms with van der Waals surface area (Å²) in [6.07, 6.45) is 0. The van der Waals surface area contributed by atoms with Crippen molar-refractivity contribution in [2.45, 2.75) is 0 Å². The van der Waals surface area contributed by atoms with Gasteiger partial charge in [-0.05, 0) is 18.2 Å². The zero-order chi connectivity index (χ0) is 14.8. The number of hydrogen-bond acceptors (Lipinski definition) is 4. The molecule has 0 aromatic heterocycles. The second kappa shape index (κ2) is 8.69. The van der Waals surface area contributed by atoms with Gasteiger partial charge in [0, 0.05) is 17.7 Å². The van der Waals surface area contributed by atoms with E-state index >= 15 is 0 Å². The Hall–Kier alpha value is -2.36. The average Bonchev–Trinajstić information content (AvgIpc) is 2.44. The summed E-state index contributed by atoms with van der Waals surface area (Å²) < 4.78 is 4.92. The van der Waals surface area contributed by atoms with E-state index in [9.17, 15) is 9.59 Å². The molecule has 0 aliphatic carbocycles. The topological polar surface area (TPSA) is 102 Å². The van der Waals surface area contributed by atoms with Gasteiger partial charge in [0.2, 0.25) is 5.91 Å². The van der Waals surface area contributed by atoms with E-state index in [1.165, 1.54) is 0 Å². The van der Waals surface area contributed by atoms with Gasteiger partial charge in [-0.1, -0.05) is 17.9 Å². The molecule has 6 nitrogen and oxygen atoms in total. The molecule has 1 rings (SSSR count). The van der Waals surface area contributed by atoms with Gasteiger partial charge in [-0.15, -0.1) is 0 Å². The molecule has 0 aliphatic heterocycles. The highest BCUT2D eigenvalue weighted by atomic mass is 16.5. The molecule has 0 aliphatic rings. The SMILES string of the molecule is NC(=O)COCCNC(=O)c1cccc(C#CCO)c1. The van der Waals surface area contributed by atoms with Gasteiger partial charge in [0.1, 0.15) is 13.2 Å². The van der Waals surface area contributed by atoms with Gasteiger partial charge in [0.25, 0.3) is 5.91 Å². The predicted octanol–water partition coefficient (Wildman–Crippen LogP) is -0.738. The molecule has 20 heavy (non-hydrogen) atoms. The summed E-state index contributed by atoms with van der Waals surface area (Å²) in [5, 5.41) is 11.3. The molecule has 0 spiro atoms. The first-order valence-electron chi connectivity index (χ1n) is 5.97. The molecule has 0 heterocycles. The van der Waals surface area contributed by atoms with Crippen molar-refractivity contribution in [3.05, 3.63) is 35.4 Å². The molecule has 0 saturated heterocycles. The monoisotopic (exact) mass is 276 g/mol. The van der Waals surface area contributed by atoms with Gasteiger partial charge in [0.05, 0.1) is 6.61 Å². The van der Waals surface area contributed by atoms with Crippen LogP contribution in [0.5, 0.6) is 0 Å². The second-order valence-electron chi connectivity index (χ2n) is 3.82. The van der Waals surface area contributed by atoms with Crippen molar-refractivity contribution in [1.82, 2.24) is 5.32 Å². The lowest BCUT2D eigenvalue weighted by Crippen LogP contribution is -2.28. The molecule has 0 saturated carbocycles.